The lowest BCUT2D eigenvalue weighted by Crippen LogP contribution is -2.14. The van der Waals surface area contributed by atoms with Crippen LogP contribution in [0.3, 0.4) is 0 Å². The molecule has 0 radical (unpaired) electrons. The molecular formula is C13H17ClN4O2S. The van der Waals surface area contributed by atoms with Crippen LogP contribution >= 0.6 is 11.6 Å². The number of benzene rings is 1. The predicted molar refractivity (Wildman–Crippen MR) is 83.9 cm³/mol. The van der Waals surface area contributed by atoms with Gasteiger partial charge in [-0.1, -0.05) is 24.6 Å². The molecule has 0 aliphatic rings. The Morgan fingerprint density at radius 2 is 2.14 bits per heavy atom. The Hall–Kier alpha value is -1.73. The summed E-state index contributed by atoms with van der Waals surface area (Å²) in [7, 11) is -3.82. The van der Waals surface area contributed by atoms with Crippen LogP contribution in [-0.2, 0) is 16.6 Å². The number of anilines is 2. The maximum atomic E-state index is 12.4. The first-order valence-corrected chi connectivity index (χ1v) is 8.31. The zero-order valence-electron chi connectivity index (χ0n) is 11.8. The quantitative estimate of drug-likeness (QED) is 0.882. The highest BCUT2D eigenvalue weighted by Crippen LogP contribution is 2.27. The van der Waals surface area contributed by atoms with Crippen molar-refractivity contribution < 1.29 is 8.42 Å². The van der Waals surface area contributed by atoms with E-state index in [0.29, 0.717) is 17.3 Å². The Balaban J connectivity index is 2.36. The maximum Gasteiger partial charge on any atom is 0.267 e. The van der Waals surface area contributed by atoms with Gasteiger partial charge >= 0.3 is 0 Å². The average molecular weight is 329 g/mol. The molecule has 0 aliphatic carbocycles. The number of aryl methyl sites for hydroxylation is 2. The normalized spacial score (nSPS) is 11.6. The monoisotopic (exact) mass is 328 g/mol. The molecule has 0 saturated carbocycles. The molecule has 0 spiro atoms. The van der Waals surface area contributed by atoms with Crippen LogP contribution in [0.1, 0.15) is 18.9 Å². The van der Waals surface area contributed by atoms with E-state index in [2.05, 4.69) is 9.82 Å². The van der Waals surface area contributed by atoms with Gasteiger partial charge in [-0.05, 0) is 31.0 Å². The Morgan fingerprint density at radius 1 is 1.43 bits per heavy atom. The molecule has 3 N–H and O–H groups in total. The molecule has 0 bridgehead atoms. The van der Waals surface area contributed by atoms with Gasteiger partial charge in [0, 0.05) is 12.7 Å². The van der Waals surface area contributed by atoms with E-state index >= 15 is 0 Å². The summed E-state index contributed by atoms with van der Waals surface area (Å²) in [5, 5.41) is 4.31. The molecule has 2 rings (SSSR count). The van der Waals surface area contributed by atoms with Gasteiger partial charge in [-0.25, -0.2) is 8.42 Å². The zero-order valence-corrected chi connectivity index (χ0v) is 13.4. The number of nitrogen functional groups attached to an aromatic ring is 1. The van der Waals surface area contributed by atoms with E-state index in [1.165, 1.54) is 10.9 Å². The summed E-state index contributed by atoms with van der Waals surface area (Å²) in [5.41, 5.74) is 6.91. The minimum absolute atomic E-state index is 0.0280. The number of nitrogens with one attached hydrogen (secondary N) is 1. The highest BCUT2D eigenvalue weighted by Gasteiger charge is 2.22. The van der Waals surface area contributed by atoms with Crippen molar-refractivity contribution in [3.8, 4) is 0 Å². The van der Waals surface area contributed by atoms with Gasteiger partial charge in [-0.3, -0.25) is 9.40 Å². The second kappa shape index (κ2) is 5.95. The minimum Gasteiger partial charge on any atom is -0.381 e. The lowest BCUT2D eigenvalue weighted by Gasteiger charge is -2.09. The van der Waals surface area contributed by atoms with Crippen molar-refractivity contribution in [1.82, 2.24) is 9.78 Å². The highest BCUT2D eigenvalue weighted by molar-refractivity contribution is 7.92. The number of halogens is 1. The molecule has 1 aromatic heterocycles. The van der Waals surface area contributed by atoms with Gasteiger partial charge in [-0.15, -0.1) is 0 Å². The molecule has 0 saturated heterocycles. The Bertz CT molecular complexity index is 756. The van der Waals surface area contributed by atoms with E-state index in [1.807, 2.05) is 13.8 Å². The van der Waals surface area contributed by atoms with Crippen LogP contribution in [0.5, 0.6) is 0 Å². The van der Waals surface area contributed by atoms with E-state index in [-0.39, 0.29) is 10.7 Å². The van der Waals surface area contributed by atoms with Crippen LogP contribution in [0.25, 0.3) is 0 Å². The van der Waals surface area contributed by atoms with E-state index < -0.39 is 10.0 Å². The molecule has 0 aliphatic heterocycles. The molecule has 0 unspecified atom stereocenters. The second-order valence-corrected chi connectivity index (χ2v) is 6.79. The fourth-order valence-corrected chi connectivity index (χ4v) is 3.25. The van der Waals surface area contributed by atoms with Crippen molar-refractivity contribution in [2.75, 3.05) is 10.5 Å². The van der Waals surface area contributed by atoms with Crippen LogP contribution in [0.2, 0.25) is 5.02 Å². The number of sulfonamides is 1. The highest BCUT2D eigenvalue weighted by atomic mass is 35.5. The van der Waals surface area contributed by atoms with Crippen molar-refractivity contribution in [3.63, 3.8) is 0 Å². The summed E-state index contributed by atoms with van der Waals surface area (Å²) in [5.74, 6) is -0.0280. The molecular weight excluding hydrogens is 312 g/mol. The molecule has 2 aromatic rings. The zero-order chi connectivity index (χ0) is 15.6. The SMILES string of the molecule is CCCn1cc(S(=O)(=O)Nc2cc(C)ccc2Cl)c(N)n1. The number of aromatic nitrogens is 2. The number of hydrogen-bond acceptors (Lipinski definition) is 4. The molecule has 0 atom stereocenters. The summed E-state index contributed by atoms with van der Waals surface area (Å²) >= 11 is 6.01. The second-order valence-electron chi connectivity index (χ2n) is 4.73. The predicted octanol–water partition coefficient (Wildman–Crippen LogP) is 2.64. The van der Waals surface area contributed by atoms with Gasteiger partial charge in [0.05, 0.1) is 10.7 Å². The smallest absolute Gasteiger partial charge is 0.267 e. The molecule has 6 nitrogen and oxygen atoms in total. The minimum atomic E-state index is -3.82. The van der Waals surface area contributed by atoms with Crippen molar-refractivity contribution in [3.05, 3.63) is 35.0 Å². The molecule has 8 heteroatoms. The van der Waals surface area contributed by atoms with Gasteiger partial charge < -0.3 is 5.73 Å². The Kier molecular flexibility index (Phi) is 4.43. The molecule has 0 fully saturated rings. The number of rotatable bonds is 5. The number of nitrogens with two attached hydrogens (primary N) is 1. The van der Waals surface area contributed by atoms with E-state index in [9.17, 15) is 8.42 Å². The summed E-state index contributed by atoms with van der Waals surface area (Å²) < 4.78 is 28.8. The summed E-state index contributed by atoms with van der Waals surface area (Å²) in [6, 6.07) is 5.10. The largest absolute Gasteiger partial charge is 0.381 e. The van der Waals surface area contributed by atoms with E-state index in [4.69, 9.17) is 17.3 Å². The van der Waals surface area contributed by atoms with Crippen LogP contribution < -0.4 is 10.5 Å². The number of hydrogen-bond donors (Lipinski definition) is 2. The van der Waals surface area contributed by atoms with Crippen LogP contribution in [0.15, 0.2) is 29.3 Å². The lowest BCUT2D eigenvalue weighted by atomic mass is 10.2. The van der Waals surface area contributed by atoms with Gasteiger partial charge in [0.15, 0.2) is 5.82 Å². The number of nitrogens with zero attached hydrogens (tertiary/aromatic N) is 2. The van der Waals surface area contributed by atoms with Gasteiger partial charge in [0.2, 0.25) is 0 Å². The van der Waals surface area contributed by atoms with E-state index in [1.54, 1.807) is 18.2 Å². The first kappa shape index (κ1) is 15.7. The molecule has 114 valence electrons. The topological polar surface area (TPSA) is 90.0 Å². The molecule has 0 amide bonds. The molecule has 1 aromatic carbocycles. The van der Waals surface area contributed by atoms with Crippen molar-refractivity contribution in [1.29, 1.82) is 0 Å². The van der Waals surface area contributed by atoms with Gasteiger partial charge in [-0.2, -0.15) is 5.10 Å². The molecule has 1 heterocycles. The standard InChI is InChI=1S/C13H17ClN4O2S/c1-3-6-18-8-12(13(15)16-18)21(19,20)17-11-7-9(2)4-5-10(11)14/h4-5,7-8,17H,3,6H2,1-2H3,(H2,15,16). The van der Waals surface area contributed by atoms with Crippen LogP contribution in [0.4, 0.5) is 11.5 Å². The fraction of sp³-hybridized carbons (Fsp3) is 0.308. The Labute approximate surface area is 129 Å². The third kappa shape index (κ3) is 3.48. The first-order chi connectivity index (χ1) is 9.83. The Morgan fingerprint density at radius 3 is 2.81 bits per heavy atom. The summed E-state index contributed by atoms with van der Waals surface area (Å²) in [6.45, 7) is 4.42. The van der Waals surface area contributed by atoms with Crippen molar-refractivity contribution in [2.24, 2.45) is 0 Å². The third-order valence-corrected chi connectivity index (χ3v) is 4.58. The maximum absolute atomic E-state index is 12.4. The van der Waals surface area contributed by atoms with Gasteiger partial charge in [0.25, 0.3) is 10.0 Å². The van der Waals surface area contributed by atoms with Crippen molar-refractivity contribution >= 4 is 33.1 Å². The summed E-state index contributed by atoms with van der Waals surface area (Å²) in [4.78, 5) is -0.0477. The molecule has 21 heavy (non-hydrogen) atoms. The van der Waals surface area contributed by atoms with Crippen molar-refractivity contribution in [2.45, 2.75) is 31.7 Å². The third-order valence-electron chi connectivity index (χ3n) is 2.86. The fourth-order valence-electron chi connectivity index (χ4n) is 1.89. The lowest BCUT2D eigenvalue weighted by molar-refractivity contribution is 0.595. The average Bonchev–Trinajstić information content (AvgIpc) is 2.76. The first-order valence-electron chi connectivity index (χ1n) is 6.45. The van der Waals surface area contributed by atoms with Crippen LogP contribution in [0, 0.1) is 6.92 Å². The van der Waals surface area contributed by atoms with Gasteiger partial charge in [0.1, 0.15) is 4.90 Å². The summed E-state index contributed by atoms with van der Waals surface area (Å²) in [6.07, 6.45) is 2.25. The van der Waals surface area contributed by atoms with E-state index in [0.717, 1.165) is 12.0 Å². The van der Waals surface area contributed by atoms with Crippen LogP contribution in [-0.4, -0.2) is 18.2 Å².